The SMILES string of the molecule is Cc1c(N)cnc(NCCN2CCN(C)CC2)c1Br. The van der Waals surface area contributed by atoms with Crippen molar-refractivity contribution in [2.75, 3.05) is 57.4 Å². The van der Waals surface area contributed by atoms with Crippen LogP contribution in [0, 0.1) is 6.92 Å². The number of anilines is 2. The molecule has 1 aromatic rings. The number of nitrogens with two attached hydrogens (primary N) is 1. The van der Waals surface area contributed by atoms with Crippen LogP contribution in [0.25, 0.3) is 0 Å². The van der Waals surface area contributed by atoms with E-state index in [2.05, 4.69) is 43.1 Å². The Kier molecular flexibility index (Phi) is 5.01. The molecule has 0 aromatic carbocycles. The van der Waals surface area contributed by atoms with Crippen molar-refractivity contribution in [2.24, 2.45) is 0 Å². The van der Waals surface area contributed by atoms with Crippen LogP contribution >= 0.6 is 15.9 Å². The van der Waals surface area contributed by atoms with Crippen molar-refractivity contribution in [2.45, 2.75) is 6.92 Å². The van der Waals surface area contributed by atoms with Gasteiger partial charge in [0, 0.05) is 39.3 Å². The molecule has 1 aliphatic rings. The number of piperazine rings is 1. The Balaban J connectivity index is 1.81. The number of likely N-dealkylation sites (N-methyl/N-ethyl adjacent to an activating group) is 1. The van der Waals surface area contributed by atoms with Crippen LogP contribution in [0.5, 0.6) is 0 Å². The van der Waals surface area contributed by atoms with Gasteiger partial charge in [-0.3, -0.25) is 4.90 Å². The minimum atomic E-state index is 0.719. The number of rotatable bonds is 4. The Morgan fingerprint density at radius 3 is 2.74 bits per heavy atom. The fraction of sp³-hybridized carbons (Fsp3) is 0.615. The van der Waals surface area contributed by atoms with E-state index in [4.69, 9.17) is 5.73 Å². The van der Waals surface area contributed by atoms with Gasteiger partial charge in [-0.15, -0.1) is 0 Å². The number of hydrogen-bond acceptors (Lipinski definition) is 5. The van der Waals surface area contributed by atoms with Crippen LogP contribution in [0.1, 0.15) is 5.56 Å². The van der Waals surface area contributed by atoms with E-state index in [1.54, 1.807) is 6.20 Å². The summed E-state index contributed by atoms with van der Waals surface area (Å²) in [7, 11) is 2.17. The molecule has 0 saturated carbocycles. The average molecular weight is 328 g/mol. The minimum Gasteiger partial charge on any atom is -0.397 e. The number of pyridine rings is 1. The lowest BCUT2D eigenvalue weighted by Gasteiger charge is -2.32. The van der Waals surface area contributed by atoms with E-state index >= 15 is 0 Å². The van der Waals surface area contributed by atoms with E-state index < -0.39 is 0 Å². The monoisotopic (exact) mass is 327 g/mol. The molecule has 2 rings (SSSR count). The maximum Gasteiger partial charge on any atom is 0.140 e. The second-order valence-corrected chi connectivity index (χ2v) is 5.87. The molecule has 3 N–H and O–H groups in total. The number of nitrogens with zero attached hydrogens (tertiary/aromatic N) is 3. The minimum absolute atomic E-state index is 0.719. The topological polar surface area (TPSA) is 57.4 Å². The number of aromatic nitrogens is 1. The van der Waals surface area contributed by atoms with Crippen molar-refractivity contribution in [3.8, 4) is 0 Å². The third-order valence-corrected chi connectivity index (χ3v) is 4.59. The lowest BCUT2D eigenvalue weighted by Crippen LogP contribution is -2.45. The van der Waals surface area contributed by atoms with E-state index in [1.807, 2.05) is 6.92 Å². The Bertz CT molecular complexity index is 429. The molecule has 0 amide bonds. The zero-order valence-corrected chi connectivity index (χ0v) is 13.2. The Morgan fingerprint density at radius 2 is 2.05 bits per heavy atom. The zero-order chi connectivity index (χ0) is 13.8. The van der Waals surface area contributed by atoms with Gasteiger partial charge in [0.05, 0.1) is 16.4 Å². The summed E-state index contributed by atoms with van der Waals surface area (Å²) in [6.45, 7) is 8.55. The van der Waals surface area contributed by atoms with Crippen molar-refractivity contribution in [3.05, 3.63) is 16.2 Å². The van der Waals surface area contributed by atoms with Gasteiger partial charge in [0.2, 0.25) is 0 Å². The van der Waals surface area contributed by atoms with Crippen molar-refractivity contribution in [3.63, 3.8) is 0 Å². The van der Waals surface area contributed by atoms with Crippen LogP contribution in [-0.4, -0.2) is 61.1 Å². The number of halogens is 1. The molecule has 0 aliphatic carbocycles. The smallest absolute Gasteiger partial charge is 0.140 e. The first-order valence-corrected chi connectivity index (χ1v) is 7.42. The van der Waals surface area contributed by atoms with Crippen LogP contribution in [0.15, 0.2) is 10.7 Å². The van der Waals surface area contributed by atoms with Gasteiger partial charge in [-0.25, -0.2) is 4.98 Å². The Hall–Kier alpha value is -0.850. The summed E-state index contributed by atoms with van der Waals surface area (Å²) in [6.07, 6.45) is 1.71. The molecule has 0 radical (unpaired) electrons. The van der Waals surface area contributed by atoms with Crippen LogP contribution in [-0.2, 0) is 0 Å². The first-order chi connectivity index (χ1) is 9.08. The molecule has 19 heavy (non-hydrogen) atoms. The molecule has 2 heterocycles. The van der Waals surface area contributed by atoms with Gasteiger partial charge in [-0.05, 0) is 35.5 Å². The molecule has 106 valence electrons. The number of nitrogen functional groups attached to an aromatic ring is 1. The third-order valence-electron chi connectivity index (χ3n) is 3.62. The van der Waals surface area contributed by atoms with Gasteiger partial charge < -0.3 is 16.0 Å². The summed E-state index contributed by atoms with van der Waals surface area (Å²) in [5.41, 5.74) is 7.57. The molecule has 0 bridgehead atoms. The maximum absolute atomic E-state index is 5.81. The van der Waals surface area contributed by atoms with E-state index in [0.29, 0.717) is 0 Å². The molecule has 0 spiro atoms. The highest BCUT2D eigenvalue weighted by Gasteiger charge is 2.13. The van der Waals surface area contributed by atoms with Gasteiger partial charge in [0.1, 0.15) is 5.82 Å². The summed E-state index contributed by atoms with van der Waals surface area (Å²) in [4.78, 5) is 9.17. The second-order valence-electron chi connectivity index (χ2n) is 5.07. The largest absolute Gasteiger partial charge is 0.397 e. The van der Waals surface area contributed by atoms with E-state index in [0.717, 1.165) is 60.8 Å². The molecule has 1 aromatic heterocycles. The molecular formula is C13H22BrN5. The Labute approximate surface area is 123 Å². The second kappa shape index (κ2) is 6.54. The first kappa shape index (κ1) is 14.6. The quantitative estimate of drug-likeness (QED) is 0.875. The highest BCUT2D eigenvalue weighted by molar-refractivity contribution is 9.10. The fourth-order valence-corrected chi connectivity index (χ4v) is 2.59. The predicted molar refractivity (Wildman–Crippen MR) is 83.5 cm³/mol. The summed E-state index contributed by atoms with van der Waals surface area (Å²) in [5.74, 6) is 0.876. The van der Waals surface area contributed by atoms with Gasteiger partial charge in [-0.2, -0.15) is 0 Å². The van der Waals surface area contributed by atoms with Crippen LogP contribution in [0.4, 0.5) is 11.5 Å². The molecule has 0 unspecified atom stereocenters. The van der Waals surface area contributed by atoms with E-state index in [1.165, 1.54) is 0 Å². The molecule has 0 atom stereocenters. The summed E-state index contributed by atoms with van der Waals surface area (Å²) in [5, 5.41) is 3.37. The highest BCUT2D eigenvalue weighted by atomic mass is 79.9. The molecule has 6 heteroatoms. The van der Waals surface area contributed by atoms with Crippen LogP contribution in [0.2, 0.25) is 0 Å². The fourth-order valence-electron chi connectivity index (χ4n) is 2.12. The molecule has 1 fully saturated rings. The molecule has 1 aliphatic heterocycles. The molecule has 1 saturated heterocycles. The predicted octanol–water partition coefficient (Wildman–Crippen LogP) is 1.39. The molecule has 5 nitrogen and oxygen atoms in total. The van der Waals surface area contributed by atoms with Gasteiger partial charge >= 0.3 is 0 Å². The summed E-state index contributed by atoms with van der Waals surface area (Å²) >= 11 is 3.54. The lowest BCUT2D eigenvalue weighted by molar-refractivity contribution is 0.158. The summed E-state index contributed by atoms with van der Waals surface area (Å²) in [6, 6.07) is 0. The van der Waals surface area contributed by atoms with E-state index in [9.17, 15) is 0 Å². The maximum atomic E-state index is 5.81. The average Bonchev–Trinajstić information content (AvgIpc) is 2.41. The van der Waals surface area contributed by atoms with Gasteiger partial charge in [0.15, 0.2) is 0 Å². The van der Waals surface area contributed by atoms with E-state index in [-0.39, 0.29) is 0 Å². The molecular weight excluding hydrogens is 306 g/mol. The Morgan fingerprint density at radius 1 is 1.37 bits per heavy atom. The van der Waals surface area contributed by atoms with Gasteiger partial charge in [-0.1, -0.05) is 0 Å². The van der Waals surface area contributed by atoms with Crippen molar-refractivity contribution in [1.29, 1.82) is 0 Å². The lowest BCUT2D eigenvalue weighted by atomic mass is 10.2. The van der Waals surface area contributed by atoms with Crippen LogP contribution in [0.3, 0.4) is 0 Å². The van der Waals surface area contributed by atoms with Gasteiger partial charge in [0.25, 0.3) is 0 Å². The summed E-state index contributed by atoms with van der Waals surface area (Å²) < 4.78 is 0.964. The number of hydrogen-bond donors (Lipinski definition) is 2. The normalized spacial score (nSPS) is 17.6. The number of nitrogens with one attached hydrogen (secondary N) is 1. The first-order valence-electron chi connectivity index (χ1n) is 6.63. The van der Waals surface area contributed by atoms with Crippen molar-refractivity contribution in [1.82, 2.24) is 14.8 Å². The third kappa shape index (κ3) is 3.81. The van der Waals surface area contributed by atoms with Crippen LogP contribution < -0.4 is 11.1 Å². The highest BCUT2D eigenvalue weighted by Crippen LogP contribution is 2.27. The zero-order valence-electron chi connectivity index (χ0n) is 11.6. The van der Waals surface area contributed by atoms with Crippen molar-refractivity contribution >= 4 is 27.4 Å². The standard InChI is InChI=1S/C13H22BrN5/c1-10-11(15)9-17-13(12(10)14)16-3-4-19-7-5-18(2)6-8-19/h9H,3-8,15H2,1-2H3,(H,16,17). The van der Waals surface area contributed by atoms with Crippen molar-refractivity contribution < 1.29 is 0 Å².